The van der Waals surface area contributed by atoms with Gasteiger partial charge in [0.05, 0.1) is 31.0 Å². The number of nitrogens with one attached hydrogen (secondary N) is 2. The van der Waals surface area contributed by atoms with Gasteiger partial charge in [0.2, 0.25) is 0 Å². The topological polar surface area (TPSA) is 72.5 Å². The zero-order chi connectivity index (χ0) is 20.1. The fraction of sp³-hybridized carbons (Fsp3) is 0.273. The summed E-state index contributed by atoms with van der Waals surface area (Å²) < 4.78 is 10.7. The van der Waals surface area contributed by atoms with Gasteiger partial charge in [0.25, 0.3) is 5.91 Å². The maximum Gasteiger partial charge on any atom is 0.252 e. The first-order valence-electron chi connectivity index (χ1n) is 9.25. The van der Waals surface area contributed by atoms with E-state index in [1.807, 2.05) is 50.2 Å². The fourth-order valence-corrected chi connectivity index (χ4v) is 2.87. The molecule has 1 heterocycles. The van der Waals surface area contributed by atoms with Crippen LogP contribution < -0.4 is 20.1 Å². The number of pyridine rings is 1. The van der Waals surface area contributed by atoms with Gasteiger partial charge >= 0.3 is 0 Å². The first kappa shape index (κ1) is 19.5. The Morgan fingerprint density at radius 1 is 1.11 bits per heavy atom. The van der Waals surface area contributed by atoms with E-state index in [-0.39, 0.29) is 11.9 Å². The summed E-state index contributed by atoms with van der Waals surface area (Å²) in [6, 6.07) is 15.0. The summed E-state index contributed by atoms with van der Waals surface area (Å²) in [6.45, 7) is 4.03. The number of hydrogen-bond donors (Lipinski definition) is 2. The number of rotatable bonds is 7. The molecule has 0 spiro atoms. The summed E-state index contributed by atoms with van der Waals surface area (Å²) in [5.41, 5.74) is 2.06. The SMILES string of the molecule is CC[C@@H](C)NC(=O)c1cc(Nc2ccc(OC)cc2OC)nc2ccccc12. The molecular formula is C22H25N3O3. The van der Waals surface area contributed by atoms with Crippen LogP contribution in [0.1, 0.15) is 30.6 Å². The Hall–Kier alpha value is -3.28. The van der Waals surface area contributed by atoms with Crippen LogP contribution in [0.5, 0.6) is 11.5 Å². The van der Waals surface area contributed by atoms with Crippen LogP contribution in [0.3, 0.4) is 0 Å². The lowest BCUT2D eigenvalue weighted by Crippen LogP contribution is -2.32. The Morgan fingerprint density at radius 3 is 2.61 bits per heavy atom. The molecular weight excluding hydrogens is 354 g/mol. The Bertz CT molecular complexity index is 988. The maximum atomic E-state index is 12.8. The minimum absolute atomic E-state index is 0.0949. The Morgan fingerprint density at radius 2 is 1.89 bits per heavy atom. The monoisotopic (exact) mass is 379 g/mol. The molecule has 2 aromatic carbocycles. The van der Waals surface area contributed by atoms with Crippen LogP contribution in [-0.2, 0) is 0 Å². The second-order valence-electron chi connectivity index (χ2n) is 6.55. The van der Waals surface area contributed by atoms with Crippen molar-refractivity contribution in [2.45, 2.75) is 26.3 Å². The van der Waals surface area contributed by atoms with Crippen LogP contribution in [0.4, 0.5) is 11.5 Å². The minimum Gasteiger partial charge on any atom is -0.497 e. The van der Waals surface area contributed by atoms with Gasteiger partial charge < -0.3 is 20.1 Å². The van der Waals surface area contributed by atoms with Gasteiger partial charge in [-0.3, -0.25) is 4.79 Å². The quantitative estimate of drug-likeness (QED) is 0.631. The number of hydrogen-bond acceptors (Lipinski definition) is 5. The van der Waals surface area contributed by atoms with Crippen molar-refractivity contribution in [2.75, 3.05) is 19.5 Å². The average Bonchev–Trinajstić information content (AvgIpc) is 2.73. The summed E-state index contributed by atoms with van der Waals surface area (Å²) >= 11 is 0. The van der Waals surface area contributed by atoms with E-state index in [4.69, 9.17) is 9.47 Å². The highest BCUT2D eigenvalue weighted by molar-refractivity contribution is 6.07. The van der Waals surface area contributed by atoms with Gasteiger partial charge in [0, 0.05) is 17.5 Å². The zero-order valence-corrected chi connectivity index (χ0v) is 16.6. The van der Waals surface area contributed by atoms with E-state index in [9.17, 15) is 4.79 Å². The molecule has 0 fully saturated rings. The van der Waals surface area contributed by atoms with Gasteiger partial charge in [-0.05, 0) is 37.6 Å². The highest BCUT2D eigenvalue weighted by Crippen LogP contribution is 2.32. The smallest absolute Gasteiger partial charge is 0.252 e. The van der Waals surface area contributed by atoms with E-state index >= 15 is 0 Å². The van der Waals surface area contributed by atoms with Crippen molar-refractivity contribution >= 4 is 28.3 Å². The Kier molecular flexibility index (Phi) is 5.99. The lowest BCUT2D eigenvalue weighted by molar-refractivity contribution is 0.0941. The number of fused-ring (bicyclic) bond motifs is 1. The lowest BCUT2D eigenvalue weighted by Gasteiger charge is -2.16. The van der Waals surface area contributed by atoms with E-state index in [0.717, 1.165) is 23.0 Å². The molecule has 0 aliphatic carbocycles. The number of methoxy groups -OCH3 is 2. The van der Waals surface area contributed by atoms with Crippen molar-refractivity contribution in [1.29, 1.82) is 0 Å². The van der Waals surface area contributed by atoms with E-state index in [1.54, 1.807) is 26.4 Å². The Balaban J connectivity index is 2.02. The highest BCUT2D eigenvalue weighted by atomic mass is 16.5. The number of carbonyl (C=O) groups is 1. The molecule has 3 rings (SSSR count). The Labute approximate surface area is 164 Å². The molecule has 0 aliphatic rings. The number of nitrogens with zero attached hydrogens (tertiary/aromatic N) is 1. The molecule has 146 valence electrons. The van der Waals surface area contributed by atoms with Gasteiger partial charge in [-0.1, -0.05) is 25.1 Å². The zero-order valence-electron chi connectivity index (χ0n) is 16.6. The molecule has 1 aromatic heterocycles. The van der Waals surface area contributed by atoms with Crippen LogP contribution in [0.15, 0.2) is 48.5 Å². The van der Waals surface area contributed by atoms with Crippen LogP contribution in [-0.4, -0.2) is 31.2 Å². The molecule has 6 nitrogen and oxygen atoms in total. The maximum absolute atomic E-state index is 12.8. The van der Waals surface area contributed by atoms with Gasteiger partial charge in [0.1, 0.15) is 17.3 Å². The molecule has 28 heavy (non-hydrogen) atoms. The van der Waals surface area contributed by atoms with E-state index in [1.165, 1.54) is 0 Å². The van der Waals surface area contributed by atoms with Crippen LogP contribution in [0, 0.1) is 0 Å². The van der Waals surface area contributed by atoms with Crippen LogP contribution >= 0.6 is 0 Å². The largest absolute Gasteiger partial charge is 0.497 e. The van der Waals surface area contributed by atoms with Gasteiger partial charge in [-0.2, -0.15) is 0 Å². The number of carbonyl (C=O) groups excluding carboxylic acids is 1. The van der Waals surface area contributed by atoms with Gasteiger partial charge in [-0.15, -0.1) is 0 Å². The van der Waals surface area contributed by atoms with Crippen molar-refractivity contribution in [1.82, 2.24) is 10.3 Å². The molecule has 2 N–H and O–H groups in total. The first-order valence-corrected chi connectivity index (χ1v) is 9.25. The highest BCUT2D eigenvalue weighted by Gasteiger charge is 2.15. The summed E-state index contributed by atoms with van der Waals surface area (Å²) in [4.78, 5) is 17.5. The number of ether oxygens (including phenoxy) is 2. The van der Waals surface area contributed by atoms with Crippen molar-refractivity contribution in [2.24, 2.45) is 0 Å². The molecule has 6 heteroatoms. The third-order valence-corrected chi connectivity index (χ3v) is 4.62. The molecule has 0 saturated heterocycles. The number of amides is 1. The minimum atomic E-state index is -0.113. The van der Waals surface area contributed by atoms with Gasteiger partial charge in [0.15, 0.2) is 0 Å². The summed E-state index contributed by atoms with van der Waals surface area (Å²) in [6.07, 6.45) is 0.864. The van der Waals surface area contributed by atoms with E-state index in [0.29, 0.717) is 22.9 Å². The molecule has 1 amide bonds. The standard InChI is InChI=1S/C22H25N3O3/c1-5-14(2)23-22(26)17-13-21(24-18-9-7-6-8-16(17)18)25-19-11-10-15(27-3)12-20(19)28-4/h6-14H,5H2,1-4H3,(H,23,26)(H,24,25)/t14-/m1/s1. The lowest BCUT2D eigenvalue weighted by atomic mass is 10.1. The summed E-state index contributed by atoms with van der Waals surface area (Å²) in [5, 5.41) is 7.10. The van der Waals surface area contributed by atoms with Crippen LogP contribution in [0.2, 0.25) is 0 Å². The van der Waals surface area contributed by atoms with E-state index in [2.05, 4.69) is 15.6 Å². The van der Waals surface area contributed by atoms with Crippen molar-refractivity contribution in [3.63, 3.8) is 0 Å². The molecule has 0 saturated carbocycles. The summed E-state index contributed by atoms with van der Waals surface area (Å²) in [7, 11) is 3.20. The predicted molar refractivity (Wildman–Crippen MR) is 112 cm³/mol. The first-order chi connectivity index (χ1) is 13.5. The third-order valence-electron chi connectivity index (χ3n) is 4.62. The molecule has 0 unspecified atom stereocenters. The fourth-order valence-electron chi connectivity index (χ4n) is 2.87. The summed E-state index contributed by atoms with van der Waals surface area (Å²) in [5.74, 6) is 1.77. The predicted octanol–water partition coefficient (Wildman–Crippen LogP) is 4.52. The van der Waals surface area contributed by atoms with Gasteiger partial charge in [-0.25, -0.2) is 4.98 Å². The van der Waals surface area contributed by atoms with Crippen LogP contribution in [0.25, 0.3) is 10.9 Å². The molecule has 3 aromatic rings. The molecule has 0 radical (unpaired) electrons. The average molecular weight is 379 g/mol. The molecule has 0 aliphatic heterocycles. The molecule has 1 atom stereocenters. The molecule has 0 bridgehead atoms. The van der Waals surface area contributed by atoms with Crippen molar-refractivity contribution in [3.8, 4) is 11.5 Å². The number of para-hydroxylation sites is 1. The second kappa shape index (κ2) is 8.61. The number of benzene rings is 2. The number of aromatic nitrogens is 1. The van der Waals surface area contributed by atoms with E-state index < -0.39 is 0 Å². The number of anilines is 2. The van der Waals surface area contributed by atoms with Crippen molar-refractivity contribution < 1.29 is 14.3 Å². The second-order valence-corrected chi connectivity index (χ2v) is 6.55. The van der Waals surface area contributed by atoms with Crippen molar-refractivity contribution in [3.05, 3.63) is 54.1 Å². The normalized spacial score (nSPS) is 11.7. The third kappa shape index (κ3) is 4.17.